The first-order valence-corrected chi connectivity index (χ1v) is 14.8. The highest BCUT2D eigenvalue weighted by Gasteiger charge is 2.27. The third-order valence-electron chi connectivity index (χ3n) is 5.80. The molecule has 0 aromatic heterocycles. The lowest BCUT2D eigenvalue weighted by molar-refractivity contribution is -0.114. The molecule has 208 valence electrons. The van der Waals surface area contributed by atoms with Gasteiger partial charge in [-0.1, -0.05) is 17.7 Å². The SMILES string of the molecule is COc1ccc(N(CC(=O)Nc2ccc(S(=O)(=O)Nc3ccc(F)cc3)cc2)S(=O)(=O)c2ccc(C)cc2)cc1. The fourth-order valence-corrected chi connectivity index (χ4v) is 6.16. The third-order valence-corrected chi connectivity index (χ3v) is 8.99. The number of hydrogen-bond acceptors (Lipinski definition) is 6. The summed E-state index contributed by atoms with van der Waals surface area (Å²) in [5, 5.41) is 2.61. The predicted octanol–water partition coefficient (Wildman–Crippen LogP) is 4.78. The highest BCUT2D eigenvalue weighted by Crippen LogP contribution is 2.26. The van der Waals surface area contributed by atoms with Crippen LogP contribution in [-0.4, -0.2) is 36.4 Å². The molecule has 40 heavy (non-hydrogen) atoms. The molecule has 4 aromatic carbocycles. The number of nitrogens with zero attached hydrogens (tertiary/aromatic N) is 1. The molecule has 9 nitrogen and oxygen atoms in total. The van der Waals surface area contributed by atoms with Crippen molar-refractivity contribution in [3.05, 3.63) is 108 Å². The van der Waals surface area contributed by atoms with Crippen LogP contribution in [0.4, 0.5) is 21.5 Å². The van der Waals surface area contributed by atoms with E-state index in [2.05, 4.69) is 10.0 Å². The van der Waals surface area contributed by atoms with E-state index >= 15 is 0 Å². The van der Waals surface area contributed by atoms with Gasteiger partial charge in [-0.15, -0.1) is 0 Å². The first-order valence-electron chi connectivity index (χ1n) is 11.9. The van der Waals surface area contributed by atoms with Gasteiger partial charge in [0.05, 0.1) is 22.6 Å². The lowest BCUT2D eigenvalue weighted by Gasteiger charge is -2.24. The number of rotatable bonds is 10. The van der Waals surface area contributed by atoms with Crippen LogP contribution in [0.3, 0.4) is 0 Å². The molecule has 0 aliphatic carbocycles. The van der Waals surface area contributed by atoms with E-state index in [1.165, 1.54) is 67.8 Å². The number of nitrogens with one attached hydrogen (secondary N) is 2. The van der Waals surface area contributed by atoms with E-state index in [1.807, 2.05) is 6.92 Å². The van der Waals surface area contributed by atoms with Gasteiger partial charge in [-0.3, -0.25) is 13.8 Å². The summed E-state index contributed by atoms with van der Waals surface area (Å²) in [6.45, 7) is 1.29. The number of ether oxygens (including phenoxy) is 1. The quantitative estimate of drug-likeness (QED) is 0.277. The number of carbonyl (C=O) groups excluding carboxylic acids is 1. The van der Waals surface area contributed by atoms with Crippen LogP contribution >= 0.6 is 0 Å². The summed E-state index contributed by atoms with van der Waals surface area (Å²) in [4.78, 5) is 12.9. The maximum atomic E-state index is 13.5. The molecule has 4 rings (SSSR count). The monoisotopic (exact) mass is 583 g/mol. The van der Waals surface area contributed by atoms with Crippen molar-refractivity contribution in [3.8, 4) is 5.75 Å². The number of methoxy groups -OCH3 is 1. The lowest BCUT2D eigenvalue weighted by Crippen LogP contribution is -2.38. The van der Waals surface area contributed by atoms with Crippen LogP contribution in [0.15, 0.2) is 107 Å². The molecule has 1 amide bonds. The van der Waals surface area contributed by atoms with Crippen molar-refractivity contribution in [1.82, 2.24) is 0 Å². The summed E-state index contributed by atoms with van der Waals surface area (Å²) >= 11 is 0. The Labute approximate surface area is 232 Å². The van der Waals surface area contributed by atoms with Gasteiger partial charge in [0.15, 0.2) is 0 Å². The maximum Gasteiger partial charge on any atom is 0.264 e. The maximum absolute atomic E-state index is 13.5. The molecule has 0 atom stereocenters. The molecule has 0 saturated heterocycles. The van der Waals surface area contributed by atoms with E-state index in [1.54, 1.807) is 24.3 Å². The smallest absolute Gasteiger partial charge is 0.264 e. The summed E-state index contributed by atoms with van der Waals surface area (Å²) < 4.78 is 74.0. The fourth-order valence-electron chi connectivity index (χ4n) is 3.68. The van der Waals surface area contributed by atoms with E-state index in [0.717, 1.165) is 22.0 Å². The molecule has 0 unspecified atom stereocenters. The summed E-state index contributed by atoms with van der Waals surface area (Å²) in [6.07, 6.45) is 0. The minimum absolute atomic E-state index is 0.0185. The number of carbonyl (C=O) groups is 1. The minimum Gasteiger partial charge on any atom is -0.497 e. The van der Waals surface area contributed by atoms with Crippen LogP contribution in [0.5, 0.6) is 5.75 Å². The van der Waals surface area contributed by atoms with Crippen molar-refractivity contribution < 1.29 is 30.8 Å². The highest BCUT2D eigenvalue weighted by atomic mass is 32.2. The zero-order valence-electron chi connectivity index (χ0n) is 21.5. The van der Waals surface area contributed by atoms with Crippen LogP contribution in [-0.2, 0) is 24.8 Å². The molecular weight excluding hydrogens is 557 g/mol. The Kier molecular flexibility index (Phi) is 8.40. The van der Waals surface area contributed by atoms with Crippen molar-refractivity contribution in [2.75, 3.05) is 28.0 Å². The van der Waals surface area contributed by atoms with Crippen LogP contribution < -0.4 is 19.1 Å². The van der Waals surface area contributed by atoms with Crippen LogP contribution in [0, 0.1) is 12.7 Å². The van der Waals surface area contributed by atoms with Gasteiger partial charge in [0.1, 0.15) is 18.1 Å². The second kappa shape index (κ2) is 11.8. The van der Waals surface area contributed by atoms with Gasteiger partial charge in [-0.25, -0.2) is 21.2 Å². The number of amides is 1. The lowest BCUT2D eigenvalue weighted by atomic mass is 10.2. The zero-order chi connectivity index (χ0) is 28.9. The standard InChI is InChI=1S/C28H26FN3O6S2/c1-20-3-15-27(16-4-20)40(36,37)32(24-11-13-25(38-2)14-12-24)19-28(33)30-22-9-17-26(18-10-22)39(34,35)31-23-7-5-21(29)6-8-23/h3-18,31H,19H2,1-2H3,(H,30,33). The van der Waals surface area contributed by atoms with Crippen LogP contribution in [0.25, 0.3) is 0 Å². The van der Waals surface area contributed by atoms with Crippen molar-refractivity contribution in [3.63, 3.8) is 0 Å². The van der Waals surface area contributed by atoms with Gasteiger partial charge in [0.2, 0.25) is 5.91 Å². The predicted molar refractivity (Wildman–Crippen MR) is 151 cm³/mol. The number of halogens is 1. The molecule has 4 aromatic rings. The second-order valence-electron chi connectivity index (χ2n) is 8.71. The van der Waals surface area contributed by atoms with Gasteiger partial charge in [-0.05, 0) is 91.9 Å². The second-order valence-corrected chi connectivity index (χ2v) is 12.3. The van der Waals surface area contributed by atoms with Gasteiger partial charge in [0, 0.05) is 11.4 Å². The molecule has 0 aliphatic rings. The summed E-state index contributed by atoms with van der Waals surface area (Å²) in [7, 11) is -6.60. The Bertz CT molecular complexity index is 1690. The van der Waals surface area contributed by atoms with Crippen LogP contribution in [0.1, 0.15) is 5.56 Å². The highest BCUT2D eigenvalue weighted by molar-refractivity contribution is 7.93. The number of aryl methyl sites for hydroxylation is 1. The zero-order valence-corrected chi connectivity index (χ0v) is 23.2. The fraction of sp³-hybridized carbons (Fsp3) is 0.107. The van der Waals surface area contributed by atoms with E-state index < -0.39 is 38.3 Å². The summed E-state index contributed by atoms with van der Waals surface area (Å²) in [5.74, 6) is -0.628. The number of hydrogen-bond donors (Lipinski definition) is 2. The third kappa shape index (κ3) is 6.77. The normalized spacial score (nSPS) is 11.5. The Hall–Kier alpha value is -4.42. The average Bonchev–Trinajstić information content (AvgIpc) is 2.93. The van der Waals surface area contributed by atoms with Gasteiger partial charge in [-0.2, -0.15) is 0 Å². The topological polar surface area (TPSA) is 122 Å². The Morgan fingerprint density at radius 1 is 0.775 bits per heavy atom. The molecule has 0 saturated carbocycles. The van der Waals surface area contributed by atoms with E-state index in [0.29, 0.717) is 5.75 Å². The minimum atomic E-state index is -4.12. The molecule has 0 bridgehead atoms. The molecule has 0 aliphatic heterocycles. The Balaban J connectivity index is 1.53. The molecule has 0 fully saturated rings. The number of sulfonamides is 2. The molecule has 0 heterocycles. The molecule has 12 heteroatoms. The number of benzene rings is 4. The summed E-state index contributed by atoms with van der Waals surface area (Å²) in [6, 6.07) is 22.7. The van der Waals surface area contributed by atoms with Crippen molar-refractivity contribution in [1.29, 1.82) is 0 Å². The summed E-state index contributed by atoms with van der Waals surface area (Å²) in [5.41, 5.74) is 1.58. The van der Waals surface area contributed by atoms with Crippen LogP contribution in [0.2, 0.25) is 0 Å². The van der Waals surface area contributed by atoms with Crippen molar-refractivity contribution in [2.24, 2.45) is 0 Å². The average molecular weight is 584 g/mol. The van der Waals surface area contributed by atoms with E-state index in [-0.39, 0.29) is 26.9 Å². The van der Waals surface area contributed by atoms with E-state index in [4.69, 9.17) is 4.74 Å². The molecular formula is C28H26FN3O6S2. The largest absolute Gasteiger partial charge is 0.497 e. The first-order chi connectivity index (χ1) is 19.0. The first kappa shape index (κ1) is 28.6. The van der Waals surface area contributed by atoms with Gasteiger partial charge >= 0.3 is 0 Å². The van der Waals surface area contributed by atoms with Crippen molar-refractivity contribution in [2.45, 2.75) is 16.7 Å². The van der Waals surface area contributed by atoms with E-state index in [9.17, 15) is 26.0 Å². The molecule has 0 radical (unpaired) electrons. The van der Waals surface area contributed by atoms with Gasteiger partial charge < -0.3 is 10.1 Å². The Morgan fingerprint density at radius 2 is 1.32 bits per heavy atom. The van der Waals surface area contributed by atoms with Crippen molar-refractivity contribution >= 4 is 43.0 Å². The molecule has 0 spiro atoms. The van der Waals surface area contributed by atoms with Gasteiger partial charge in [0.25, 0.3) is 20.0 Å². The number of anilines is 3. The molecule has 2 N–H and O–H groups in total. The Morgan fingerprint density at radius 3 is 1.90 bits per heavy atom.